The molecule has 0 unspecified atom stereocenters. The van der Waals surface area contributed by atoms with E-state index in [4.69, 9.17) is 20.9 Å². The normalized spacial score (nSPS) is 10.6. The van der Waals surface area contributed by atoms with E-state index in [1.807, 2.05) is 0 Å². The third kappa shape index (κ3) is 6.78. The summed E-state index contributed by atoms with van der Waals surface area (Å²) in [6.07, 6.45) is -0.374. The van der Waals surface area contributed by atoms with Gasteiger partial charge < -0.3 is 24.6 Å². The molecular formula is C23H24ClN5O6. The Hall–Kier alpha value is -3.96. The first-order valence-electron chi connectivity index (χ1n) is 10.4. The van der Waals surface area contributed by atoms with Crippen LogP contribution in [-0.4, -0.2) is 60.3 Å². The van der Waals surface area contributed by atoms with Crippen LogP contribution in [0.25, 0.3) is 11.5 Å². The number of carbonyl (C=O) groups is 3. The van der Waals surface area contributed by atoms with Crippen LogP contribution in [0.15, 0.2) is 41.1 Å². The number of aryl methyl sites for hydroxylation is 1. The second-order valence-electron chi connectivity index (χ2n) is 7.60. The van der Waals surface area contributed by atoms with Crippen molar-refractivity contribution in [1.29, 1.82) is 0 Å². The molecule has 0 aliphatic heterocycles. The first-order valence-corrected chi connectivity index (χ1v) is 10.8. The van der Waals surface area contributed by atoms with Gasteiger partial charge in [0.1, 0.15) is 5.69 Å². The highest BCUT2D eigenvalue weighted by molar-refractivity contribution is 6.34. The quantitative estimate of drug-likeness (QED) is 0.276. The van der Waals surface area contributed by atoms with E-state index in [2.05, 4.69) is 20.8 Å². The Kier molecular flexibility index (Phi) is 8.39. The maximum Gasteiger partial charge on any atom is 0.409 e. The molecule has 11 nitrogen and oxygen atoms in total. The first-order chi connectivity index (χ1) is 16.7. The van der Waals surface area contributed by atoms with E-state index >= 15 is 0 Å². The van der Waals surface area contributed by atoms with Gasteiger partial charge in [-0.25, -0.2) is 4.79 Å². The van der Waals surface area contributed by atoms with Gasteiger partial charge in [0.25, 0.3) is 0 Å². The van der Waals surface area contributed by atoms with Crippen LogP contribution < -0.4 is 15.5 Å². The van der Waals surface area contributed by atoms with E-state index in [1.165, 1.54) is 30.5 Å². The van der Waals surface area contributed by atoms with Gasteiger partial charge in [-0.05, 0) is 31.2 Å². The number of carbonyl (C=O) groups excluding carboxylic acids is 2. The molecule has 1 aromatic carbocycles. The summed E-state index contributed by atoms with van der Waals surface area (Å²) < 4.78 is 10.2. The highest BCUT2D eigenvalue weighted by atomic mass is 35.5. The van der Waals surface area contributed by atoms with Gasteiger partial charge in [-0.15, -0.1) is 0 Å². The summed E-state index contributed by atoms with van der Waals surface area (Å²) in [5.41, 5.74) is 2.09. The molecule has 0 saturated heterocycles. The molecule has 3 rings (SSSR count). The molecule has 0 atom stereocenters. The average Bonchev–Trinajstić information content (AvgIpc) is 3.25. The Morgan fingerprint density at radius 1 is 1.17 bits per heavy atom. The van der Waals surface area contributed by atoms with Crippen LogP contribution in [0, 0.1) is 6.92 Å². The lowest BCUT2D eigenvalue weighted by molar-refractivity contribution is -0.115. The van der Waals surface area contributed by atoms with E-state index in [0.717, 1.165) is 0 Å². The number of nitrogens with zero attached hydrogens (tertiary/aromatic N) is 3. The van der Waals surface area contributed by atoms with Crippen molar-refractivity contribution < 1.29 is 28.8 Å². The number of nitrogens with one attached hydrogen (secondary N) is 2. The molecule has 0 aliphatic rings. The maximum atomic E-state index is 12.7. The summed E-state index contributed by atoms with van der Waals surface area (Å²) in [7, 11) is 3.33. The van der Waals surface area contributed by atoms with E-state index in [1.54, 1.807) is 32.0 Å². The van der Waals surface area contributed by atoms with E-state index < -0.39 is 24.2 Å². The third-order valence-electron chi connectivity index (χ3n) is 4.93. The molecular weight excluding hydrogens is 478 g/mol. The van der Waals surface area contributed by atoms with E-state index in [0.29, 0.717) is 36.0 Å². The Morgan fingerprint density at radius 3 is 2.57 bits per heavy atom. The molecule has 0 spiro atoms. The number of Topliss-reactive ketones (excluding diaryl/α,β-unsaturated/α-hetero) is 1. The number of ether oxygens (including phenoxy) is 1. The van der Waals surface area contributed by atoms with E-state index in [-0.39, 0.29) is 22.0 Å². The number of anilines is 3. The van der Waals surface area contributed by atoms with Crippen LogP contribution in [0.3, 0.4) is 0 Å². The van der Waals surface area contributed by atoms with Gasteiger partial charge in [-0.2, -0.15) is 0 Å². The van der Waals surface area contributed by atoms with Crippen LogP contribution in [0.2, 0.25) is 5.02 Å². The highest BCUT2D eigenvalue weighted by Crippen LogP contribution is 2.35. The van der Waals surface area contributed by atoms with Crippen LogP contribution in [-0.2, 0) is 9.53 Å². The van der Waals surface area contributed by atoms with Gasteiger partial charge in [-0.1, -0.05) is 16.8 Å². The topological polar surface area (TPSA) is 147 Å². The minimum absolute atomic E-state index is 0.105. The summed E-state index contributed by atoms with van der Waals surface area (Å²) in [5.74, 6) is -0.706. The fourth-order valence-electron chi connectivity index (χ4n) is 3.19. The number of aromatic nitrogens is 2. The molecule has 0 radical (unpaired) electrons. The lowest BCUT2D eigenvalue weighted by Crippen LogP contribution is -2.23. The fraction of sp³-hybridized carbons (Fsp3) is 0.261. The number of pyridine rings is 1. The molecule has 0 bridgehead atoms. The van der Waals surface area contributed by atoms with Crippen LogP contribution in [0.1, 0.15) is 22.5 Å². The zero-order valence-electron chi connectivity index (χ0n) is 19.3. The molecule has 2 amide bonds. The van der Waals surface area contributed by atoms with Crippen LogP contribution in [0.5, 0.6) is 0 Å². The summed E-state index contributed by atoms with van der Waals surface area (Å²) in [5, 5.41) is 18.1. The molecule has 2 aromatic heterocycles. The number of amides is 2. The van der Waals surface area contributed by atoms with Crippen molar-refractivity contribution in [2.45, 2.75) is 13.3 Å². The zero-order valence-corrected chi connectivity index (χ0v) is 20.0. The second kappa shape index (κ2) is 11.4. The van der Waals surface area contributed by atoms with Gasteiger partial charge in [0.2, 0.25) is 5.91 Å². The number of benzene rings is 1. The molecule has 3 N–H and O–H groups in total. The molecule has 0 fully saturated rings. The minimum Gasteiger partial charge on any atom is -0.465 e. The summed E-state index contributed by atoms with van der Waals surface area (Å²) >= 11 is 6.38. The molecule has 0 saturated carbocycles. The van der Waals surface area contributed by atoms with Gasteiger partial charge >= 0.3 is 6.09 Å². The molecule has 0 aliphatic carbocycles. The predicted octanol–water partition coefficient (Wildman–Crippen LogP) is 4.08. The Balaban J connectivity index is 1.77. The lowest BCUT2D eigenvalue weighted by Gasteiger charge is -2.22. The maximum absolute atomic E-state index is 12.7. The Labute approximate surface area is 206 Å². The monoisotopic (exact) mass is 501 g/mol. The zero-order chi connectivity index (χ0) is 25.5. The lowest BCUT2D eigenvalue weighted by atomic mass is 10.1. The van der Waals surface area contributed by atoms with Gasteiger partial charge in [0.15, 0.2) is 11.5 Å². The van der Waals surface area contributed by atoms with Crippen molar-refractivity contribution in [1.82, 2.24) is 10.1 Å². The van der Waals surface area contributed by atoms with Crippen molar-refractivity contribution in [2.24, 2.45) is 0 Å². The van der Waals surface area contributed by atoms with Crippen molar-refractivity contribution >= 4 is 46.4 Å². The van der Waals surface area contributed by atoms with Gasteiger partial charge in [0.05, 0.1) is 40.8 Å². The Bertz CT molecular complexity index is 1240. The smallest absolute Gasteiger partial charge is 0.409 e. The summed E-state index contributed by atoms with van der Waals surface area (Å²) in [4.78, 5) is 42.6. The number of likely N-dealkylation sites (N-methyl/N-ethyl adjacent to an activating group) is 1. The van der Waals surface area contributed by atoms with Crippen molar-refractivity contribution in [3.8, 4) is 11.5 Å². The second-order valence-corrected chi connectivity index (χ2v) is 8.01. The third-order valence-corrected chi connectivity index (χ3v) is 5.23. The fourth-order valence-corrected chi connectivity index (χ4v) is 3.50. The van der Waals surface area contributed by atoms with Crippen LogP contribution >= 0.6 is 11.6 Å². The standard InChI is InChI=1S/C23H24ClN5O6/c1-13-8-21(35-28-13)18-9-14(4-5-25-18)20(30)12-22(31)26-16-10-15(24)19(29(2)6-7-34-3)11-17(16)27-23(32)33/h4-5,8-11,27H,6-7,12H2,1-3H3,(H,26,31)(H,32,33). The first kappa shape index (κ1) is 25.7. The predicted molar refractivity (Wildman–Crippen MR) is 130 cm³/mol. The van der Waals surface area contributed by atoms with Crippen molar-refractivity contribution in [3.63, 3.8) is 0 Å². The van der Waals surface area contributed by atoms with Crippen LogP contribution in [0.4, 0.5) is 21.9 Å². The molecule has 12 heteroatoms. The number of hydrogen-bond donors (Lipinski definition) is 3. The Morgan fingerprint density at radius 2 is 1.91 bits per heavy atom. The van der Waals surface area contributed by atoms with Gasteiger partial charge in [-0.3, -0.25) is 19.9 Å². The number of methoxy groups -OCH3 is 1. The largest absolute Gasteiger partial charge is 0.465 e. The number of ketones is 1. The van der Waals surface area contributed by atoms with Gasteiger partial charge in [0, 0.05) is 38.5 Å². The van der Waals surface area contributed by atoms with E-state index in [9.17, 15) is 19.5 Å². The number of rotatable bonds is 10. The highest BCUT2D eigenvalue weighted by Gasteiger charge is 2.18. The molecule has 3 aromatic rings. The summed E-state index contributed by atoms with van der Waals surface area (Å²) in [6, 6.07) is 7.60. The van der Waals surface area contributed by atoms with Crippen molar-refractivity contribution in [2.75, 3.05) is 42.8 Å². The number of halogens is 1. The summed E-state index contributed by atoms with van der Waals surface area (Å²) in [6.45, 7) is 2.70. The average molecular weight is 502 g/mol. The molecule has 2 heterocycles. The molecule has 184 valence electrons. The minimum atomic E-state index is -1.32. The van der Waals surface area contributed by atoms with Crippen molar-refractivity contribution in [3.05, 3.63) is 52.8 Å². The number of hydrogen-bond acceptors (Lipinski definition) is 8. The molecule has 35 heavy (non-hydrogen) atoms. The SMILES string of the molecule is COCCN(C)c1cc(NC(=O)O)c(NC(=O)CC(=O)c2ccnc(-c3cc(C)no3)c2)cc1Cl. The number of carboxylic acid groups (broad SMARTS) is 1.